The van der Waals surface area contributed by atoms with E-state index in [9.17, 15) is 0 Å². The Morgan fingerprint density at radius 1 is 1.28 bits per heavy atom. The molecule has 138 valence electrons. The van der Waals surface area contributed by atoms with Crippen LogP contribution in [0.15, 0.2) is 48.0 Å². The average Bonchev–Trinajstić information content (AvgIpc) is 3.13. The summed E-state index contributed by atoms with van der Waals surface area (Å²) in [5, 5.41) is 6.88. The van der Waals surface area contributed by atoms with Crippen molar-refractivity contribution < 1.29 is 0 Å². The summed E-state index contributed by atoms with van der Waals surface area (Å²) in [6, 6.07) is 8.75. The fraction of sp³-hybridized carbons (Fsp3) is 0.474. The van der Waals surface area contributed by atoms with E-state index < -0.39 is 0 Å². The zero-order chi connectivity index (χ0) is 17.2. The SMILES string of the molecule is CCCCCC(C)NC(=NC)NCc1ccccc1-n1ccnc1.I. The van der Waals surface area contributed by atoms with E-state index in [1.807, 2.05) is 30.2 Å². The van der Waals surface area contributed by atoms with Gasteiger partial charge in [0.15, 0.2) is 5.96 Å². The van der Waals surface area contributed by atoms with Gasteiger partial charge in [-0.3, -0.25) is 4.99 Å². The number of hydrogen-bond acceptors (Lipinski definition) is 2. The summed E-state index contributed by atoms with van der Waals surface area (Å²) < 4.78 is 2.03. The molecule has 1 heterocycles. The molecule has 2 rings (SSSR count). The lowest BCUT2D eigenvalue weighted by molar-refractivity contribution is 0.546. The van der Waals surface area contributed by atoms with Gasteiger partial charge in [-0.25, -0.2) is 4.98 Å². The first kappa shape index (κ1) is 21.5. The van der Waals surface area contributed by atoms with Gasteiger partial charge in [-0.1, -0.05) is 44.4 Å². The third kappa shape index (κ3) is 7.05. The molecule has 0 spiro atoms. The maximum Gasteiger partial charge on any atom is 0.191 e. The molecule has 0 amide bonds. The number of nitrogens with one attached hydrogen (secondary N) is 2. The highest BCUT2D eigenvalue weighted by Crippen LogP contribution is 2.13. The van der Waals surface area contributed by atoms with Crippen molar-refractivity contribution in [2.75, 3.05) is 7.05 Å². The normalized spacial score (nSPS) is 12.4. The highest BCUT2D eigenvalue weighted by molar-refractivity contribution is 14.0. The standard InChI is InChI=1S/C19H29N5.HI/c1-4-5-6-9-16(2)23-19(20-3)22-14-17-10-7-8-11-18(17)24-13-12-21-15-24;/h7-8,10-13,15-16H,4-6,9,14H2,1-3H3,(H2,20,22,23);1H. The second kappa shape index (κ2) is 11.9. The molecular formula is C19H30IN5. The summed E-state index contributed by atoms with van der Waals surface area (Å²) >= 11 is 0. The van der Waals surface area contributed by atoms with E-state index >= 15 is 0 Å². The molecule has 1 aromatic carbocycles. The number of halogens is 1. The lowest BCUT2D eigenvalue weighted by atomic mass is 10.1. The fourth-order valence-corrected chi connectivity index (χ4v) is 2.69. The smallest absolute Gasteiger partial charge is 0.191 e. The maximum absolute atomic E-state index is 4.34. The number of guanidine groups is 1. The Bertz CT molecular complexity index is 625. The van der Waals surface area contributed by atoms with Crippen LogP contribution < -0.4 is 10.6 Å². The Hall–Kier alpha value is -1.57. The van der Waals surface area contributed by atoms with Crippen molar-refractivity contribution in [3.63, 3.8) is 0 Å². The Labute approximate surface area is 168 Å². The minimum Gasteiger partial charge on any atom is -0.354 e. The lowest BCUT2D eigenvalue weighted by Gasteiger charge is -2.18. The fourth-order valence-electron chi connectivity index (χ4n) is 2.69. The molecule has 25 heavy (non-hydrogen) atoms. The van der Waals surface area contributed by atoms with Gasteiger partial charge >= 0.3 is 0 Å². The highest BCUT2D eigenvalue weighted by Gasteiger charge is 2.07. The lowest BCUT2D eigenvalue weighted by Crippen LogP contribution is -2.41. The molecule has 0 saturated heterocycles. The molecule has 0 fully saturated rings. The third-order valence-corrected chi connectivity index (χ3v) is 4.07. The predicted octanol–water partition coefficient (Wildman–Crippen LogP) is 4.12. The van der Waals surface area contributed by atoms with Gasteiger partial charge in [0, 0.05) is 32.0 Å². The van der Waals surface area contributed by atoms with Crippen molar-refractivity contribution in [3.8, 4) is 5.69 Å². The summed E-state index contributed by atoms with van der Waals surface area (Å²) in [6.45, 7) is 5.16. The van der Waals surface area contributed by atoms with Gasteiger partial charge in [-0.05, 0) is 25.0 Å². The number of benzene rings is 1. The Morgan fingerprint density at radius 2 is 2.08 bits per heavy atom. The largest absolute Gasteiger partial charge is 0.354 e. The number of hydrogen-bond donors (Lipinski definition) is 2. The van der Waals surface area contributed by atoms with Gasteiger partial charge < -0.3 is 15.2 Å². The Balaban J connectivity index is 0.00000312. The molecule has 5 nitrogen and oxygen atoms in total. The molecule has 0 aliphatic carbocycles. The number of unbranched alkanes of at least 4 members (excludes halogenated alkanes) is 2. The van der Waals surface area contributed by atoms with Crippen LogP contribution in [-0.2, 0) is 6.54 Å². The van der Waals surface area contributed by atoms with E-state index in [1.165, 1.54) is 31.2 Å². The molecule has 0 bridgehead atoms. The van der Waals surface area contributed by atoms with Crippen molar-refractivity contribution in [1.29, 1.82) is 0 Å². The summed E-state index contributed by atoms with van der Waals surface area (Å²) in [7, 11) is 1.82. The van der Waals surface area contributed by atoms with Crippen LogP contribution in [0.25, 0.3) is 5.69 Å². The molecule has 2 aromatic rings. The van der Waals surface area contributed by atoms with Crippen LogP contribution >= 0.6 is 24.0 Å². The average molecular weight is 455 g/mol. The van der Waals surface area contributed by atoms with Crippen LogP contribution in [0.2, 0.25) is 0 Å². The molecule has 0 radical (unpaired) electrons. The number of para-hydroxylation sites is 1. The predicted molar refractivity (Wildman–Crippen MR) is 116 cm³/mol. The molecule has 0 saturated carbocycles. The zero-order valence-corrected chi connectivity index (χ0v) is 17.7. The molecule has 1 unspecified atom stereocenters. The Kier molecular flexibility index (Phi) is 10.2. The summed E-state index contributed by atoms with van der Waals surface area (Å²) in [5.41, 5.74) is 2.34. The number of aromatic nitrogens is 2. The topological polar surface area (TPSA) is 54.2 Å². The summed E-state index contributed by atoms with van der Waals surface area (Å²) in [6.07, 6.45) is 10.5. The third-order valence-electron chi connectivity index (χ3n) is 4.07. The van der Waals surface area contributed by atoms with E-state index in [-0.39, 0.29) is 24.0 Å². The monoisotopic (exact) mass is 455 g/mol. The van der Waals surface area contributed by atoms with Gasteiger partial charge in [0.05, 0.1) is 12.0 Å². The van der Waals surface area contributed by atoms with Crippen molar-refractivity contribution in [2.45, 2.75) is 52.1 Å². The van der Waals surface area contributed by atoms with Crippen LogP contribution in [0.3, 0.4) is 0 Å². The van der Waals surface area contributed by atoms with Crippen LogP contribution in [0.4, 0.5) is 0 Å². The van der Waals surface area contributed by atoms with Crippen LogP contribution in [-0.4, -0.2) is 28.6 Å². The van der Waals surface area contributed by atoms with E-state index in [0.717, 1.165) is 18.2 Å². The van der Waals surface area contributed by atoms with E-state index in [4.69, 9.17) is 0 Å². The molecule has 1 atom stereocenters. The van der Waals surface area contributed by atoms with Gasteiger partial charge in [-0.2, -0.15) is 0 Å². The first-order valence-corrected chi connectivity index (χ1v) is 8.78. The van der Waals surface area contributed by atoms with E-state index in [0.29, 0.717) is 6.04 Å². The van der Waals surface area contributed by atoms with Crippen LogP contribution in [0.1, 0.15) is 45.1 Å². The minimum atomic E-state index is 0. The summed E-state index contributed by atoms with van der Waals surface area (Å²) in [4.78, 5) is 8.47. The van der Waals surface area contributed by atoms with Gasteiger partial charge in [0.1, 0.15) is 0 Å². The highest BCUT2D eigenvalue weighted by atomic mass is 127. The quantitative estimate of drug-likeness (QED) is 0.273. The minimum absolute atomic E-state index is 0. The number of imidazole rings is 1. The Morgan fingerprint density at radius 3 is 2.76 bits per heavy atom. The molecule has 6 heteroatoms. The van der Waals surface area contributed by atoms with Gasteiger partial charge in [-0.15, -0.1) is 24.0 Å². The van der Waals surface area contributed by atoms with Gasteiger partial charge in [0.2, 0.25) is 0 Å². The van der Waals surface area contributed by atoms with Crippen molar-refractivity contribution >= 4 is 29.9 Å². The van der Waals surface area contributed by atoms with Gasteiger partial charge in [0.25, 0.3) is 0 Å². The van der Waals surface area contributed by atoms with Crippen molar-refractivity contribution in [1.82, 2.24) is 20.2 Å². The molecule has 1 aromatic heterocycles. The summed E-state index contributed by atoms with van der Waals surface area (Å²) in [5.74, 6) is 0.847. The molecule has 2 N–H and O–H groups in total. The molecular weight excluding hydrogens is 425 g/mol. The first-order valence-electron chi connectivity index (χ1n) is 8.78. The van der Waals surface area contributed by atoms with E-state index in [1.54, 1.807) is 6.20 Å². The number of rotatable bonds is 8. The second-order valence-electron chi connectivity index (χ2n) is 6.07. The first-order chi connectivity index (χ1) is 11.7. The van der Waals surface area contributed by atoms with Crippen LogP contribution in [0, 0.1) is 0 Å². The van der Waals surface area contributed by atoms with Crippen LogP contribution in [0.5, 0.6) is 0 Å². The second-order valence-corrected chi connectivity index (χ2v) is 6.07. The number of aliphatic imine (C=N–C) groups is 1. The van der Waals surface area contributed by atoms with Crippen molar-refractivity contribution in [2.24, 2.45) is 4.99 Å². The van der Waals surface area contributed by atoms with Crippen molar-refractivity contribution in [3.05, 3.63) is 48.5 Å². The van der Waals surface area contributed by atoms with E-state index in [2.05, 4.69) is 52.7 Å². The zero-order valence-electron chi connectivity index (χ0n) is 15.4. The number of nitrogens with zero attached hydrogens (tertiary/aromatic N) is 3. The molecule has 0 aliphatic heterocycles. The maximum atomic E-state index is 4.34. The molecule has 0 aliphatic rings.